The van der Waals surface area contributed by atoms with E-state index < -0.39 is 0 Å². The van der Waals surface area contributed by atoms with Gasteiger partial charge in [0, 0.05) is 19.2 Å². The standard InChI is InChI=1S/C16H17N3O2/c1-12-6-7-15(20)19(17-12)11-16(21)18-9-8-13-4-2-3-5-14(13)10-18/h2-7H,8-11H2,1H3. The summed E-state index contributed by atoms with van der Waals surface area (Å²) < 4.78 is 1.23. The minimum absolute atomic E-state index is 0.00266. The highest BCUT2D eigenvalue weighted by Crippen LogP contribution is 2.18. The molecule has 108 valence electrons. The van der Waals surface area contributed by atoms with E-state index in [0.717, 1.165) is 12.1 Å². The third kappa shape index (κ3) is 2.86. The molecule has 1 aliphatic heterocycles. The van der Waals surface area contributed by atoms with E-state index in [-0.39, 0.29) is 18.0 Å². The van der Waals surface area contributed by atoms with Crippen LogP contribution in [0, 0.1) is 6.92 Å². The second-order valence-corrected chi connectivity index (χ2v) is 5.30. The number of hydrogen-bond acceptors (Lipinski definition) is 3. The van der Waals surface area contributed by atoms with Gasteiger partial charge in [-0.15, -0.1) is 0 Å². The number of carbonyl (C=O) groups is 1. The fourth-order valence-electron chi connectivity index (χ4n) is 2.60. The molecule has 0 spiro atoms. The summed E-state index contributed by atoms with van der Waals surface area (Å²) in [6.07, 6.45) is 0.859. The molecule has 0 saturated heterocycles. The van der Waals surface area contributed by atoms with E-state index in [4.69, 9.17) is 0 Å². The second-order valence-electron chi connectivity index (χ2n) is 5.30. The average Bonchev–Trinajstić information content (AvgIpc) is 2.50. The molecule has 0 bridgehead atoms. The van der Waals surface area contributed by atoms with Crippen molar-refractivity contribution in [2.45, 2.75) is 26.4 Å². The van der Waals surface area contributed by atoms with E-state index in [9.17, 15) is 9.59 Å². The predicted octanol–water partition coefficient (Wildman–Crippen LogP) is 1.14. The molecule has 1 amide bonds. The first kappa shape index (κ1) is 13.5. The van der Waals surface area contributed by atoms with Gasteiger partial charge in [0.25, 0.3) is 5.56 Å². The van der Waals surface area contributed by atoms with Crippen LogP contribution in [0.4, 0.5) is 0 Å². The van der Waals surface area contributed by atoms with Crippen LogP contribution in [0.1, 0.15) is 16.8 Å². The molecule has 1 aliphatic rings. The molecular weight excluding hydrogens is 266 g/mol. The van der Waals surface area contributed by atoms with Crippen molar-refractivity contribution < 1.29 is 4.79 Å². The SMILES string of the molecule is Cc1ccc(=O)n(CC(=O)N2CCc3ccccc3C2)n1. The van der Waals surface area contributed by atoms with Crippen LogP contribution in [-0.4, -0.2) is 27.1 Å². The number of fused-ring (bicyclic) bond motifs is 1. The Bertz CT molecular complexity index is 736. The number of benzene rings is 1. The van der Waals surface area contributed by atoms with Crippen LogP contribution < -0.4 is 5.56 Å². The van der Waals surface area contributed by atoms with Gasteiger partial charge in [0.15, 0.2) is 0 Å². The lowest BCUT2D eigenvalue weighted by Gasteiger charge is -2.28. The van der Waals surface area contributed by atoms with E-state index >= 15 is 0 Å². The highest BCUT2D eigenvalue weighted by atomic mass is 16.2. The van der Waals surface area contributed by atoms with Crippen molar-refractivity contribution in [3.63, 3.8) is 0 Å². The highest BCUT2D eigenvalue weighted by molar-refractivity contribution is 5.76. The first-order valence-electron chi connectivity index (χ1n) is 7.03. The summed E-state index contributed by atoms with van der Waals surface area (Å²) in [4.78, 5) is 25.9. The van der Waals surface area contributed by atoms with Gasteiger partial charge in [-0.3, -0.25) is 9.59 Å². The van der Waals surface area contributed by atoms with E-state index in [1.165, 1.54) is 21.9 Å². The van der Waals surface area contributed by atoms with Crippen LogP contribution in [0.3, 0.4) is 0 Å². The minimum atomic E-state index is -0.244. The number of carbonyl (C=O) groups excluding carboxylic acids is 1. The smallest absolute Gasteiger partial charge is 0.267 e. The van der Waals surface area contributed by atoms with Crippen LogP contribution in [-0.2, 0) is 24.3 Å². The summed E-state index contributed by atoms with van der Waals surface area (Å²) >= 11 is 0. The molecule has 0 unspecified atom stereocenters. The monoisotopic (exact) mass is 283 g/mol. The first-order chi connectivity index (χ1) is 10.1. The number of hydrogen-bond donors (Lipinski definition) is 0. The Labute approximate surface area is 122 Å². The van der Waals surface area contributed by atoms with Crippen LogP contribution in [0.15, 0.2) is 41.2 Å². The zero-order valence-electron chi connectivity index (χ0n) is 12.0. The Morgan fingerprint density at radius 2 is 1.95 bits per heavy atom. The number of aryl methyl sites for hydroxylation is 1. The predicted molar refractivity (Wildman–Crippen MR) is 78.8 cm³/mol. The summed E-state index contributed by atoms with van der Waals surface area (Å²) in [5, 5.41) is 4.11. The molecule has 0 N–H and O–H groups in total. The molecule has 2 heterocycles. The van der Waals surface area contributed by atoms with Gasteiger partial charge >= 0.3 is 0 Å². The van der Waals surface area contributed by atoms with Gasteiger partial charge in [-0.2, -0.15) is 5.10 Å². The van der Waals surface area contributed by atoms with Crippen molar-refractivity contribution in [1.29, 1.82) is 0 Å². The lowest BCUT2D eigenvalue weighted by atomic mass is 10.00. The van der Waals surface area contributed by atoms with E-state index in [0.29, 0.717) is 13.1 Å². The van der Waals surface area contributed by atoms with Crippen molar-refractivity contribution in [2.75, 3.05) is 6.54 Å². The van der Waals surface area contributed by atoms with Gasteiger partial charge < -0.3 is 4.90 Å². The Kier molecular flexibility index (Phi) is 3.56. The molecule has 0 fully saturated rings. The lowest BCUT2D eigenvalue weighted by molar-refractivity contribution is -0.133. The second kappa shape index (κ2) is 5.52. The van der Waals surface area contributed by atoms with Crippen LogP contribution in [0.25, 0.3) is 0 Å². The number of rotatable bonds is 2. The fourth-order valence-corrected chi connectivity index (χ4v) is 2.60. The molecule has 1 aromatic heterocycles. The molecule has 1 aromatic carbocycles. The quantitative estimate of drug-likeness (QED) is 0.830. The van der Waals surface area contributed by atoms with Crippen molar-refractivity contribution in [1.82, 2.24) is 14.7 Å². The maximum atomic E-state index is 12.4. The number of nitrogens with zero attached hydrogens (tertiary/aromatic N) is 3. The third-order valence-electron chi connectivity index (χ3n) is 3.77. The molecule has 0 saturated carbocycles. The van der Waals surface area contributed by atoms with Crippen LogP contribution >= 0.6 is 0 Å². The number of amides is 1. The summed E-state index contributed by atoms with van der Waals surface area (Å²) in [7, 11) is 0. The number of aromatic nitrogens is 2. The van der Waals surface area contributed by atoms with Gasteiger partial charge in [0.2, 0.25) is 5.91 Å². The fraction of sp³-hybridized carbons (Fsp3) is 0.312. The molecule has 5 heteroatoms. The molecule has 3 rings (SSSR count). The first-order valence-corrected chi connectivity index (χ1v) is 7.03. The molecular formula is C16H17N3O2. The van der Waals surface area contributed by atoms with Crippen molar-refractivity contribution in [2.24, 2.45) is 0 Å². The third-order valence-corrected chi connectivity index (χ3v) is 3.77. The van der Waals surface area contributed by atoms with E-state index in [1.54, 1.807) is 17.9 Å². The molecule has 0 radical (unpaired) electrons. The van der Waals surface area contributed by atoms with Crippen molar-refractivity contribution in [3.05, 3.63) is 63.6 Å². The highest BCUT2D eigenvalue weighted by Gasteiger charge is 2.20. The molecule has 2 aromatic rings. The Morgan fingerprint density at radius 3 is 2.76 bits per heavy atom. The zero-order valence-corrected chi connectivity index (χ0v) is 12.0. The molecule has 21 heavy (non-hydrogen) atoms. The Morgan fingerprint density at radius 1 is 1.19 bits per heavy atom. The lowest BCUT2D eigenvalue weighted by Crippen LogP contribution is -2.40. The summed E-state index contributed by atoms with van der Waals surface area (Å²) in [5.41, 5.74) is 2.96. The van der Waals surface area contributed by atoms with Gasteiger partial charge in [-0.05, 0) is 30.5 Å². The minimum Gasteiger partial charge on any atom is -0.336 e. The zero-order chi connectivity index (χ0) is 14.8. The molecule has 0 aliphatic carbocycles. The molecule has 5 nitrogen and oxygen atoms in total. The van der Waals surface area contributed by atoms with E-state index in [1.807, 2.05) is 18.2 Å². The maximum Gasteiger partial charge on any atom is 0.267 e. The molecule has 0 atom stereocenters. The average molecular weight is 283 g/mol. The Balaban J connectivity index is 1.75. The van der Waals surface area contributed by atoms with Crippen LogP contribution in [0.2, 0.25) is 0 Å². The Hall–Kier alpha value is -2.43. The van der Waals surface area contributed by atoms with Gasteiger partial charge in [0.1, 0.15) is 6.54 Å². The summed E-state index contributed by atoms with van der Waals surface area (Å²) in [6.45, 7) is 3.10. The van der Waals surface area contributed by atoms with Gasteiger partial charge in [-0.1, -0.05) is 24.3 Å². The van der Waals surface area contributed by atoms with E-state index in [2.05, 4.69) is 11.2 Å². The van der Waals surface area contributed by atoms with Gasteiger partial charge in [-0.25, -0.2) is 4.68 Å². The summed E-state index contributed by atoms with van der Waals surface area (Å²) in [6, 6.07) is 11.3. The normalized spacial score (nSPS) is 13.9. The topological polar surface area (TPSA) is 55.2 Å². The van der Waals surface area contributed by atoms with Crippen molar-refractivity contribution >= 4 is 5.91 Å². The van der Waals surface area contributed by atoms with Crippen LogP contribution in [0.5, 0.6) is 0 Å². The van der Waals surface area contributed by atoms with Gasteiger partial charge in [0.05, 0.1) is 5.69 Å². The maximum absolute atomic E-state index is 12.4. The van der Waals surface area contributed by atoms with Crippen molar-refractivity contribution in [3.8, 4) is 0 Å². The summed E-state index contributed by atoms with van der Waals surface area (Å²) in [5.74, 6) is -0.0651. The largest absolute Gasteiger partial charge is 0.336 e.